The minimum atomic E-state index is -1.27. The molecule has 0 radical (unpaired) electrons. The third-order valence-electron chi connectivity index (χ3n) is 20.5. The Balaban J connectivity index is 0.000000176. The molecule has 37 heteroatoms. The average Bonchev–Trinajstić information content (AvgIpc) is 1.62. The van der Waals surface area contributed by atoms with E-state index < -0.39 is 119 Å². The van der Waals surface area contributed by atoms with Crippen molar-refractivity contribution in [3.63, 3.8) is 0 Å². The largest absolute Gasteiger partial charge is 0.463 e. The number of nitrogens with two attached hydrogens (primary N) is 1. The van der Waals surface area contributed by atoms with Gasteiger partial charge < -0.3 is 86.2 Å². The van der Waals surface area contributed by atoms with E-state index in [2.05, 4.69) is 209 Å². The quantitative estimate of drug-likeness (QED) is 0.00686. The van der Waals surface area contributed by atoms with Crippen molar-refractivity contribution >= 4 is 145 Å². The first-order valence-corrected chi connectivity index (χ1v) is 52.3. The van der Waals surface area contributed by atoms with E-state index in [4.69, 9.17) is 29.4 Å². The molecule has 0 aliphatic carbocycles. The molecule has 7 aromatic rings. The van der Waals surface area contributed by atoms with Gasteiger partial charge in [0.25, 0.3) is 11.6 Å². The first kappa shape index (κ1) is 92.2. The lowest BCUT2D eigenvalue weighted by Gasteiger charge is -2.19. The molecular weight excluding hydrogens is 1570 g/mol. The average molecular weight is 1690 g/mol. The van der Waals surface area contributed by atoms with Gasteiger partial charge in [0.1, 0.15) is 66.5 Å². The van der Waals surface area contributed by atoms with E-state index in [0.29, 0.717) is 124 Å². The van der Waals surface area contributed by atoms with Crippen LogP contribution in [0.15, 0.2) is 76.3 Å². The van der Waals surface area contributed by atoms with Crippen molar-refractivity contribution in [3.8, 4) is 6.01 Å². The number of thioether (sulfide) groups is 1. The van der Waals surface area contributed by atoms with Gasteiger partial charge in [-0.2, -0.15) is 9.56 Å². The van der Waals surface area contributed by atoms with Gasteiger partial charge in [-0.1, -0.05) is 72.5 Å². The zero-order valence-electron chi connectivity index (χ0n) is 69.7. The smallest absolute Gasteiger partial charge is 0.397 e. The summed E-state index contributed by atoms with van der Waals surface area (Å²) < 4.78 is 36.0. The van der Waals surface area contributed by atoms with E-state index in [1.165, 1.54) is 48.3 Å². The molecule has 0 saturated carbocycles. The molecule has 0 amide bonds. The van der Waals surface area contributed by atoms with Crippen LogP contribution in [0.2, 0.25) is 0 Å². The number of aliphatic hydroxyl groups is 8. The van der Waals surface area contributed by atoms with E-state index >= 15 is 0 Å². The SMILES string of the molecule is C=P(C)(C)CC[C@H]1OC(=[N+]2C=Nc3c(NC/C=C(/C)CC)nc(OC)nc32)[C@H](O)[C@@H]1O.C=P(C)(C)CC[C@H]1O[C@@H](n2c(C)nc3c(N)ccnc32)[C@H](O)[C@@H]1O.C=P(C)(C)CC[C@H]1O[C@@H](n2cnc3c(NC/C=C(/C)CC)nc(SC)nc32)[C@H](O)[C@@H]1O.C=P(C)(C)CC[C@H]1O[C@@H](n2cnc3c(NC/C=C(/C)CC)ncnc32)[C@H](O)[C@@H]1O. The zero-order valence-corrected chi connectivity index (χ0v) is 74.1. The fourth-order valence-electron chi connectivity index (χ4n) is 13.1. The molecule has 12 heterocycles. The van der Waals surface area contributed by atoms with Gasteiger partial charge in [-0.05, 0) is 168 Å². The molecule has 0 unspecified atom stereocenters. The lowest BCUT2D eigenvalue weighted by molar-refractivity contribution is -0.313. The number of aliphatic imine (C=N–C) groups is 1. The van der Waals surface area contributed by atoms with Crippen LogP contribution in [-0.4, -0.2) is 331 Å². The number of hydrogen-bond donors (Lipinski definition) is 12. The van der Waals surface area contributed by atoms with Crippen molar-refractivity contribution in [2.24, 2.45) is 4.99 Å². The van der Waals surface area contributed by atoms with Crippen molar-refractivity contribution < 1.29 is 69.1 Å². The first-order chi connectivity index (χ1) is 54.2. The highest BCUT2D eigenvalue weighted by Gasteiger charge is 2.49. The monoisotopic (exact) mass is 1690 g/mol. The Bertz CT molecular complexity index is 4870. The molecule has 5 aliphatic heterocycles. The number of hydrogen-bond acceptors (Lipinski definition) is 29. The Morgan fingerprint density at radius 1 is 0.557 bits per heavy atom. The summed E-state index contributed by atoms with van der Waals surface area (Å²) in [6, 6.07) is 1.85. The minimum Gasteiger partial charge on any atom is -0.463 e. The van der Waals surface area contributed by atoms with E-state index in [1.807, 2.05) is 13.2 Å². The summed E-state index contributed by atoms with van der Waals surface area (Å²) in [6.07, 6.45) is 29.7. The molecule has 5 aliphatic rings. The van der Waals surface area contributed by atoms with Crippen LogP contribution in [0.4, 0.5) is 34.6 Å². The highest BCUT2D eigenvalue weighted by Crippen LogP contribution is 2.45. The summed E-state index contributed by atoms with van der Waals surface area (Å²) in [5.41, 5.74) is 14.3. The molecule has 4 fully saturated rings. The number of imidazole rings is 3. The van der Waals surface area contributed by atoms with Crippen LogP contribution >= 0.6 is 39.3 Å². The summed E-state index contributed by atoms with van der Waals surface area (Å²) >= 11 is 1.43. The van der Waals surface area contributed by atoms with Crippen molar-refractivity contribution in [2.75, 3.05) is 133 Å². The minimum absolute atomic E-state index is 0.168. The number of allylic oxidation sites excluding steroid dienone is 3. The van der Waals surface area contributed by atoms with E-state index in [1.54, 1.807) is 43.2 Å². The van der Waals surface area contributed by atoms with Crippen LogP contribution in [0.1, 0.15) is 111 Å². The molecule has 13 N–H and O–H groups in total. The molecule has 15 atom stereocenters. The fraction of sp³-hybridized carbons (Fsp3) is 0.590. The molecule has 115 heavy (non-hydrogen) atoms. The lowest BCUT2D eigenvalue weighted by Crippen LogP contribution is -2.33. The summed E-state index contributed by atoms with van der Waals surface area (Å²) in [5, 5.41) is 94.8. The standard InChI is InChI=1S/C21H33N5O4P.C21H34N5O3PS.C20H32N5O3P.C16H25N4O3P/c1-7-13(2)8-10-22-18-15-19(25-21(24-18)29-3)26(12-23-15)20-17(28)16(27)14(30-20)9-11-31(4,5)6;1-7-13(2)8-10-22-18-15-19(25-21(24-18)31-6)26(12-23-15)20-17(28)16(27)14(29-20)9-11-30(3,4)5;1-6-13(2)7-9-21-18-15-19(23-11-22-18)25(12-24-15)20-17(27)16(26)14(28-20)8-10-29(3,4)5;1-9-19-12-10(17)5-7-18-15(12)20(9)16-14(22)13(21)11(23-16)6-8-24(2,3)4/h8,12,14,16-17,27-28H,4,7,9-11H2,1-3,5-6H3,(H,22,24,25);8,12,14,16-17,20,27-28H,3,7,9-11H2,1-2,4-6H3,(H,22,24,25);7,11-12,14,16-17,20,26-27H,3,6,8-10H2,1-2,4-5H3,(H,21,22,23);5,7,11,13-14,16,21-22H,2,6,8H2,1,3-4H3,(H2,17,18)/q+1;;;/b13-8-,26-20?;13-8-;13-7-;/t14-,16-,17-;2*14-,16-,17-,20-;11-,13-,14-,16-/m1111/s1. The normalized spacial score (nSPS) is 25.9. The molecule has 0 bridgehead atoms. The molecule has 0 aromatic carbocycles. The Labute approximate surface area is 680 Å². The molecule has 12 rings (SSSR count). The molecule has 0 spiro atoms. The third kappa shape index (κ3) is 23.6. The number of aryl methyl sites for hydroxylation is 1. The predicted octanol–water partition coefficient (Wildman–Crippen LogP) is 8.58. The number of aromatic nitrogens is 13. The topological polar surface area (TPSA) is 429 Å². The summed E-state index contributed by atoms with van der Waals surface area (Å²) in [4.78, 5) is 48.7. The number of nitrogens with one attached hydrogen (secondary N) is 3. The van der Waals surface area contributed by atoms with Crippen LogP contribution in [0, 0.1) is 6.92 Å². The summed E-state index contributed by atoms with van der Waals surface area (Å²) in [6.45, 7) is 28.4. The van der Waals surface area contributed by atoms with Crippen LogP contribution < -0.4 is 26.4 Å². The highest BCUT2D eigenvalue weighted by atomic mass is 32.2. The van der Waals surface area contributed by atoms with E-state index in [0.717, 1.165) is 43.9 Å². The number of fused-ring (bicyclic) bond motifs is 4. The maximum Gasteiger partial charge on any atom is 0.397 e. The van der Waals surface area contributed by atoms with Gasteiger partial charge in [-0.25, -0.2) is 39.9 Å². The molecule has 32 nitrogen and oxygen atoms in total. The Hall–Kier alpha value is -6.73. The summed E-state index contributed by atoms with van der Waals surface area (Å²) in [5.74, 6) is 3.06. The number of rotatable bonds is 29. The number of nitrogen functional groups attached to an aromatic ring is 1. The van der Waals surface area contributed by atoms with Crippen molar-refractivity contribution in [3.05, 3.63) is 72.0 Å². The van der Waals surface area contributed by atoms with E-state index in [9.17, 15) is 40.9 Å². The number of pyridine rings is 1. The van der Waals surface area contributed by atoms with Gasteiger partial charge in [0.15, 0.2) is 75.4 Å². The maximum absolute atomic E-state index is 10.7. The Kier molecular flexibility index (Phi) is 32.0. The van der Waals surface area contributed by atoms with Crippen LogP contribution in [0.3, 0.4) is 0 Å². The van der Waals surface area contributed by atoms with Crippen LogP contribution in [0.5, 0.6) is 6.01 Å². The van der Waals surface area contributed by atoms with Crippen molar-refractivity contribution in [2.45, 2.75) is 190 Å². The number of methoxy groups -OCH3 is 1. The number of ether oxygens (including phenoxy) is 5. The third-order valence-corrected chi connectivity index (χ3v) is 26.9. The van der Waals surface area contributed by atoms with Gasteiger partial charge >= 0.3 is 11.8 Å². The zero-order chi connectivity index (χ0) is 84.3. The number of nitrogens with zero attached hydrogens (tertiary/aromatic N) is 15. The lowest BCUT2D eigenvalue weighted by atomic mass is 10.1. The van der Waals surface area contributed by atoms with Crippen molar-refractivity contribution in [1.29, 1.82) is 0 Å². The fourth-order valence-corrected chi connectivity index (χ4v) is 17.3. The van der Waals surface area contributed by atoms with Crippen LogP contribution in [-0.2, 0) is 18.9 Å². The second-order valence-electron chi connectivity index (χ2n) is 32.6. The van der Waals surface area contributed by atoms with E-state index in [-0.39, 0.29) is 11.9 Å². The highest BCUT2D eigenvalue weighted by molar-refractivity contribution is 7.98. The molecule has 4 saturated heterocycles. The second-order valence-corrected chi connectivity index (χ2v) is 50.6. The van der Waals surface area contributed by atoms with Gasteiger partial charge in [0.2, 0.25) is 6.34 Å². The second kappa shape index (κ2) is 39.9. The Morgan fingerprint density at radius 2 is 1.02 bits per heavy atom. The van der Waals surface area contributed by atoms with Gasteiger partial charge in [-0.3, -0.25) is 13.7 Å². The van der Waals surface area contributed by atoms with Gasteiger partial charge in [0.05, 0.1) is 43.8 Å². The number of aliphatic hydroxyl groups excluding tert-OH is 8. The van der Waals surface area contributed by atoms with Gasteiger partial charge in [0, 0.05) is 25.8 Å². The number of anilines is 4. The van der Waals surface area contributed by atoms with Crippen LogP contribution in [0.25, 0.3) is 33.5 Å². The predicted molar refractivity (Wildman–Crippen MR) is 475 cm³/mol. The Morgan fingerprint density at radius 3 is 1.50 bits per heavy atom. The maximum atomic E-state index is 10.7. The molecular formula is C78H124N19O13P4S+. The van der Waals surface area contributed by atoms with Crippen molar-refractivity contribution in [1.82, 2.24) is 63.5 Å². The molecule has 634 valence electrons. The summed E-state index contributed by atoms with van der Waals surface area (Å²) in [7, 11) is 1.49. The van der Waals surface area contributed by atoms with Gasteiger partial charge in [-0.15, -0.1) is 52.7 Å². The first-order valence-electron chi connectivity index (χ1n) is 38.9. The molecule has 7 aromatic heterocycles.